The first-order valence-corrected chi connectivity index (χ1v) is 6.36. The van der Waals surface area contributed by atoms with Crippen LogP contribution < -0.4 is 5.32 Å². The minimum Gasteiger partial charge on any atom is -0.453 e. The largest absolute Gasteiger partial charge is 0.453 e. The molecule has 102 valence electrons. The maximum Gasteiger partial charge on any atom is 0.416 e. The first kappa shape index (κ1) is 14.1. The lowest BCUT2D eigenvalue weighted by molar-refractivity contribution is -0.138. The molecule has 0 saturated heterocycles. The number of benzene rings is 1. The number of hydrogen-bond donors (Lipinski definition) is 1. The quantitative estimate of drug-likeness (QED) is 0.899. The van der Waals surface area contributed by atoms with Crippen LogP contribution in [-0.4, -0.2) is 0 Å². The van der Waals surface area contributed by atoms with Crippen molar-refractivity contribution in [1.29, 1.82) is 0 Å². The van der Waals surface area contributed by atoms with E-state index in [0.717, 1.165) is 6.07 Å². The molecule has 1 aromatic carbocycles. The fraction of sp³-hybridized carbons (Fsp3) is 0.231. The normalized spacial score (nSPS) is 11.8. The first-order valence-electron chi connectivity index (χ1n) is 5.57. The lowest BCUT2D eigenvalue weighted by atomic mass is 10.1. The highest BCUT2D eigenvalue weighted by Gasteiger charge is 2.32. The van der Waals surface area contributed by atoms with Crippen molar-refractivity contribution in [2.24, 2.45) is 0 Å². The minimum atomic E-state index is -4.33. The van der Waals surface area contributed by atoms with Crippen LogP contribution in [0.1, 0.15) is 16.9 Å². The van der Waals surface area contributed by atoms with E-state index in [1.807, 2.05) is 0 Å². The van der Waals surface area contributed by atoms with E-state index >= 15 is 0 Å². The molecule has 0 spiro atoms. The Bertz CT molecular complexity index is 551. The lowest BCUT2D eigenvalue weighted by Gasteiger charge is -2.12. The van der Waals surface area contributed by atoms with Gasteiger partial charge in [0.2, 0.25) is 0 Å². The zero-order valence-corrected chi connectivity index (χ0v) is 11.4. The summed E-state index contributed by atoms with van der Waals surface area (Å²) >= 11 is 3.16. The number of alkyl halides is 3. The molecule has 0 atom stereocenters. The maximum atomic E-state index is 12.7. The summed E-state index contributed by atoms with van der Waals surface area (Å²) in [4.78, 5) is 0. The monoisotopic (exact) mass is 333 g/mol. The van der Waals surface area contributed by atoms with Crippen LogP contribution in [0.3, 0.4) is 0 Å². The van der Waals surface area contributed by atoms with Crippen molar-refractivity contribution in [3.8, 4) is 0 Å². The fourth-order valence-corrected chi connectivity index (χ4v) is 2.06. The zero-order valence-electron chi connectivity index (χ0n) is 9.80. The van der Waals surface area contributed by atoms with E-state index in [0.29, 0.717) is 17.0 Å². The van der Waals surface area contributed by atoms with Gasteiger partial charge in [-0.15, -0.1) is 0 Å². The van der Waals surface area contributed by atoms with Crippen molar-refractivity contribution in [2.45, 2.75) is 19.3 Å². The van der Waals surface area contributed by atoms with Crippen molar-refractivity contribution < 1.29 is 17.6 Å². The van der Waals surface area contributed by atoms with Gasteiger partial charge < -0.3 is 9.73 Å². The van der Waals surface area contributed by atoms with Gasteiger partial charge in [-0.3, -0.25) is 0 Å². The van der Waals surface area contributed by atoms with E-state index in [1.165, 1.54) is 12.1 Å². The van der Waals surface area contributed by atoms with Crippen molar-refractivity contribution >= 4 is 15.9 Å². The van der Waals surface area contributed by atoms with E-state index in [4.69, 9.17) is 4.42 Å². The molecule has 1 N–H and O–H groups in total. The summed E-state index contributed by atoms with van der Waals surface area (Å²) in [5.74, 6) is 0.663. The fourth-order valence-electron chi connectivity index (χ4n) is 1.72. The zero-order chi connectivity index (χ0) is 13.9. The molecule has 0 bridgehead atoms. The van der Waals surface area contributed by atoms with Gasteiger partial charge in [-0.1, -0.05) is 18.2 Å². The van der Waals surface area contributed by atoms with Crippen LogP contribution in [-0.2, 0) is 19.3 Å². The second-order valence-electron chi connectivity index (χ2n) is 3.96. The van der Waals surface area contributed by atoms with Crippen molar-refractivity contribution in [2.75, 3.05) is 0 Å². The van der Waals surface area contributed by atoms with Crippen LogP contribution in [0.5, 0.6) is 0 Å². The molecule has 0 aliphatic rings. The Labute approximate surface area is 116 Å². The summed E-state index contributed by atoms with van der Waals surface area (Å²) in [7, 11) is 0. The number of furan rings is 1. The molecule has 0 unspecified atom stereocenters. The molecule has 1 aromatic heterocycles. The van der Waals surface area contributed by atoms with Crippen molar-refractivity contribution in [1.82, 2.24) is 5.32 Å². The van der Waals surface area contributed by atoms with Crippen LogP contribution in [0.2, 0.25) is 0 Å². The molecule has 0 fully saturated rings. The summed E-state index contributed by atoms with van der Waals surface area (Å²) in [5.41, 5.74) is -0.385. The predicted molar refractivity (Wildman–Crippen MR) is 68.4 cm³/mol. The van der Waals surface area contributed by atoms with Gasteiger partial charge in [-0.2, -0.15) is 13.2 Å². The molecule has 0 saturated carbocycles. The molecule has 2 nitrogen and oxygen atoms in total. The summed E-state index contributed by atoms with van der Waals surface area (Å²) in [5, 5.41) is 2.93. The van der Waals surface area contributed by atoms with E-state index in [1.54, 1.807) is 18.2 Å². The molecule has 1 heterocycles. The highest BCUT2D eigenvalue weighted by Crippen LogP contribution is 2.31. The Balaban J connectivity index is 2.00. The lowest BCUT2D eigenvalue weighted by Crippen LogP contribution is -2.17. The van der Waals surface area contributed by atoms with Crippen molar-refractivity contribution in [3.63, 3.8) is 0 Å². The van der Waals surface area contributed by atoms with E-state index in [-0.39, 0.29) is 12.1 Å². The SMILES string of the molecule is FC(F)(F)c1ccccc1CNCc1ccc(Br)o1. The van der Waals surface area contributed by atoms with Crippen molar-refractivity contribution in [3.05, 3.63) is 58.0 Å². The summed E-state index contributed by atoms with van der Waals surface area (Å²) < 4.78 is 44.1. The smallest absolute Gasteiger partial charge is 0.416 e. The Hall–Kier alpha value is -1.27. The Morgan fingerprint density at radius 2 is 1.79 bits per heavy atom. The third-order valence-electron chi connectivity index (χ3n) is 2.57. The van der Waals surface area contributed by atoms with Crippen LogP contribution in [0, 0.1) is 0 Å². The molecule has 6 heteroatoms. The van der Waals surface area contributed by atoms with Gasteiger partial charge in [0.05, 0.1) is 12.1 Å². The van der Waals surface area contributed by atoms with Gasteiger partial charge in [0.1, 0.15) is 5.76 Å². The average molecular weight is 334 g/mol. The molecule has 0 radical (unpaired) electrons. The summed E-state index contributed by atoms with van der Waals surface area (Å²) in [6.07, 6.45) is -4.33. The van der Waals surface area contributed by atoms with Gasteiger partial charge >= 0.3 is 6.18 Å². The highest BCUT2D eigenvalue weighted by atomic mass is 79.9. The molecular weight excluding hydrogens is 323 g/mol. The maximum absolute atomic E-state index is 12.7. The van der Waals surface area contributed by atoms with Gasteiger partial charge in [0, 0.05) is 6.54 Å². The van der Waals surface area contributed by atoms with E-state index in [9.17, 15) is 13.2 Å². The van der Waals surface area contributed by atoms with Crippen LogP contribution in [0.25, 0.3) is 0 Å². The molecule has 0 aliphatic carbocycles. The van der Waals surface area contributed by atoms with E-state index in [2.05, 4.69) is 21.2 Å². The van der Waals surface area contributed by atoms with Gasteiger partial charge in [0.15, 0.2) is 4.67 Å². The molecule has 19 heavy (non-hydrogen) atoms. The number of nitrogens with one attached hydrogen (secondary N) is 1. The number of rotatable bonds is 4. The van der Waals surface area contributed by atoms with Gasteiger partial charge in [-0.05, 0) is 39.7 Å². The Morgan fingerprint density at radius 3 is 2.42 bits per heavy atom. The molecule has 0 amide bonds. The van der Waals surface area contributed by atoms with Gasteiger partial charge in [-0.25, -0.2) is 0 Å². The first-order chi connectivity index (χ1) is 8.97. The third kappa shape index (κ3) is 3.84. The number of hydrogen-bond acceptors (Lipinski definition) is 2. The molecule has 2 rings (SSSR count). The van der Waals surface area contributed by atoms with Crippen LogP contribution in [0.4, 0.5) is 13.2 Å². The molecular formula is C13H11BrF3NO. The molecule has 2 aromatic rings. The average Bonchev–Trinajstić information content (AvgIpc) is 2.74. The predicted octanol–water partition coefficient (Wildman–Crippen LogP) is 4.35. The Morgan fingerprint density at radius 1 is 1.05 bits per heavy atom. The summed E-state index contributed by atoms with van der Waals surface area (Å²) in [6.45, 7) is 0.506. The molecule has 0 aliphatic heterocycles. The second kappa shape index (κ2) is 5.79. The van der Waals surface area contributed by atoms with Gasteiger partial charge in [0.25, 0.3) is 0 Å². The standard InChI is InChI=1S/C13H11BrF3NO/c14-12-6-5-10(19-12)8-18-7-9-3-1-2-4-11(9)13(15,16)17/h1-6,18H,7-8H2. The third-order valence-corrected chi connectivity index (χ3v) is 2.99. The number of halogens is 4. The highest BCUT2D eigenvalue weighted by molar-refractivity contribution is 9.10. The van der Waals surface area contributed by atoms with Crippen LogP contribution in [0.15, 0.2) is 45.5 Å². The topological polar surface area (TPSA) is 25.2 Å². The minimum absolute atomic E-state index is 0.133. The van der Waals surface area contributed by atoms with E-state index < -0.39 is 11.7 Å². The second-order valence-corrected chi connectivity index (χ2v) is 4.75. The van der Waals surface area contributed by atoms with Crippen LogP contribution >= 0.6 is 15.9 Å². The summed E-state index contributed by atoms with van der Waals surface area (Å²) in [6, 6.07) is 9.02. The Kier molecular flexibility index (Phi) is 4.31.